The Kier molecular flexibility index (Phi) is 4.48. The number of carboxylic acid groups (broad SMARTS) is 1. The number of halogens is 2. The second kappa shape index (κ2) is 5.91. The van der Waals surface area contributed by atoms with Gasteiger partial charge in [0.2, 0.25) is 0 Å². The summed E-state index contributed by atoms with van der Waals surface area (Å²) in [6, 6.07) is 5.36. The number of carbonyl (C=O) groups is 1. The number of carboxylic acids is 1. The summed E-state index contributed by atoms with van der Waals surface area (Å²) < 4.78 is 6.42. The highest BCUT2D eigenvalue weighted by Crippen LogP contribution is 2.28. The Morgan fingerprint density at radius 2 is 2.28 bits per heavy atom. The lowest BCUT2D eigenvalue weighted by atomic mass is 10.0. The molecule has 1 fully saturated rings. The Balaban J connectivity index is 1.72. The lowest BCUT2D eigenvalue weighted by molar-refractivity contribution is -0.147. The second-order valence-electron chi connectivity index (χ2n) is 4.22. The fraction of sp³-hybridized carbons (Fsp3) is 0.417. The number of nitrogens with zero attached hydrogens (tertiary/aromatic N) is 1. The van der Waals surface area contributed by atoms with Gasteiger partial charge in [-0.25, -0.2) is 0 Å². The predicted molar refractivity (Wildman–Crippen MR) is 72.2 cm³/mol. The van der Waals surface area contributed by atoms with E-state index in [0.29, 0.717) is 24.7 Å². The van der Waals surface area contributed by atoms with Crippen LogP contribution in [0.3, 0.4) is 0 Å². The van der Waals surface area contributed by atoms with Gasteiger partial charge in [-0.3, -0.25) is 9.69 Å². The zero-order valence-corrected chi connectivity index (χ0v) is 11.9. The lowest BCUT2D eigenvalue weighted by Crippen LogP contribution is -2.51. The molecule has 1 aromatic rings. The van der Waals surface area contributed by atoms with Gasteiger partial charge in [0.05, 0.1) is 10.4 Å². The summed E-state index contributed by atoms with van der Waals surface area (Å²) in [4.78, 5) is 12.7. The molecule has 1 N–H and O–H groups in total. The van der Waals surface area contributed by atoms with E-state index in [1.165, 1.54) is 0 Å². The van der Waals surface area contributed by atoms with Crippen LogP contribution < -0.4 is 4.74 Å². The normalized spacial score (nSPS) is 16.3. The molecule has 0 aliphatic carbocycles. The molecule has 2 rings (SSSR count). The average Bonchev–Trinajstić information content (AvgIpc) is 2.23. The maximum atomic E-state index is 10.6. The molecule has 4 nitrogen and oxygen atoms in total. The van der Waals surface area contributed by atoms with Crippen LogP contribution in [0.5, 0.6) is 5.75 Å². The molecule has 1 heterocycles. The van der Waals surface area contributed by atoms with Gasteiger partial charge in [-0.1, -0.05) is 11.6 Å². The zero-order chi connectivity index (χ0) is 13.1. The van der Waals surface area contributed by atoms with Gasteiger partial charge in [-0.05, 0) is 34.1 Å². The topological polar surface area (TPSA) is 49.8 Å². The highest BCUT2D eigenvalue weighted by Gasteiger charge is 2.31. The van der Waals surface area contributed by atoms with Gasteiger partial charge >= 0.3 is 5.97 Å². The van der Waals surface area contributed by atoms with Crippen molar-refractivity contribution in [2.75, 3.05) is 26.2 Å². The van der Waals surface area contributed by atoms with E-state index in [1.807, 2.05) is 6.07 Å². The smallest absolute Gasteiger partial charge is 0.309 e. The van der Waals surface area contributed by atoms with Gasteiger partial charge in [0.1, 0.15) is 12.4 Å². The monoisotopic (exact) mass is 333 g/mol. The molecule has 0 atom stereocenters. The highest BCUT2D eigenvalue weighted by atomic mass is 79.9. The van der Waals surface area contributed by atoms with Crippen molar-refractivity contribution in [3.05, 3.63) is 27.7 Å². The third-order valence-corrected chi connectivity index (χ3v) is 3.72. The molecule has 98 valence electrons. The van der Waals surface area contributed by atoms with E-state index in [1.54, 1.807) is 12.1 Å². The Hall–Kier alpha value is -0.780. The summed E-state index contributed by atoms with van der Waals surface area (Å²) in [5.41, 5.74) is 0. The van der Waals surface area contributed by atoms with E-state index < -0.39 is 5.97 Å². The van der Waals surface area contributed by atoms with Gasteiger partial charge in [0.15, 0.2) is 0 Å². The standard InChI is InChI=1S/C12H13BrClNO3/c13-10-5-9(14)1-2-11(10)18-4-3-15-6-8(7-15)12(16)17/h1-2,5,8H,3-4,6-7H2,(H,16,17). The highest BCUT2D eigenvalue weighted by molar-refractivity contribution is 9.10. The predicted octanol–water partition coefficient (Wildman–Crippen LogP) is 2.50. The summed E-state index contributed by atoms with van der Waals surface area (Å²) in [5, 5.41) is 9.39. The first kappa shape index (κ1) is 13.6. The Morgan fingerprint density at radius 1 is 1.56 bits per heavy atom. The molecule has 6 heteroatoms. The third kappa shape index (κ3) is 3.37. The van der Waals surface area contributed by atoms with Gasteiger partial charge < -0.3 is 9.84 Å². The molecule has 0 unspecified atom stereocenters. The maximum absolute atomic E-state index is 10.6. The summed E-state index contributed by atoms with van der Waals surface area (Å²) in [6.45, 7) is 2.49. The number of likely N-dealkylation sites (tertiary alicyclic amines) is 1. The van der Waals surface area contributed by atoms with E-state index in [4.69, 9.17) is 21.4 Å². The van der Waals surface area contributed by atoms with Gasteiger partial charge in [-0.2, -0.15) is 0 Å². The molecule has 1 aliphatic rings. The van der Waals surface area contributed by atoms with Crippen molar-refractivity contribution in [1.29, 1.82) is 0 Å². The van der Waals surface area contributed by atoms with E-state index in [0.717, 1.165) is 16.8 Å². The number of aliphatic carboxylic acids is 1. The quantitative estimate of drug-likeness (QED) is 0.899. The molecule has 1 aliphatic heterocycles. The minimum atomic E-state index is -0.715. The Bertz CT molecular complexity index is 449. The molecule has 0 aromatic heterocycles. The van der Waals surface area contributed by atoms with Crippen LogP contribution >= 0.6 is 27.5 Å². The number of hydrogen-bond acceptors (Lipinski definition) is 3. The molecule has 18 heavy (non-hydrogen) atoms. The first-order valence-electron chi connectivity index (χ1n) is 5.59. The second-order valence-corrected chi connectivity index (χ2v) is 5.51. The summed E-state index contributed by atoms with van der Waals surface area (Å²) in [6.07, 6.45) is 0. The number of benzene rings is 1. The van der Waals surface area contributed by atoms with Crippen LogP contribution in [0.15, 0.2) is 22.7 Å². The molecule has 0 bridgehead atoms. The number of ether oxygens (including phenoxy) is 1. The van der Waals surface area contributed by atoms with Gasteiger partial charge in [0.25, 0.3) is 0 Å². The first-order valence-corrected chi connectivity index (χ1v) is 6.76. The van der Waals surface area contributed by atoms with Crippen LogP contribution in [0.25, 0.3) is 0 Å². The van der Waals surface area contributed by atoms with Gasteiger partial charge in [-0.15, -0.1) is 0 Å². The number of hydrogen-bond donors (Lipinski definition) is 1. The molecular formula is C12H13BrClNO3. The largest absolute Gasteiger partial charge is 0.491 e. The summed E-state index contributed by atoms with van der Waals surface area (Å²) in [5.74, 6) is -0.186. The van der Waals surface area contributed by atoms with E-state index >= 15 is 0 Å². The molecule has 0 saturated carbocycles. The van der Waals surface area contributed by atoms with Crippen molar-refractivity contribution in [3.63, 3.8) is 0 Å². The van der Waals surface area contributed by atoms with Crippen molar-refractivity contribution in [2.24, 2.45) is 5.92 Å². The Morgan fingerprint density at radius 3 is 2.89 bits per heavy atom. The molecule has 0 spiro atoms. The minimum Gasteiger partial charge on any atom is -0.491 e. The maximum Gasteiger partial charge on any atom is 0.309 e. The van der Waals surface area contributed by atoms with Crippen molar-refractivity contribution in [3.8, 4) is 5.75 Å². The fourth-order valence-electron chi connectivity index (χ4n) is 1.79. The number of rotatable bonds is 5. The lowest BCUT2D eigenvalue weighted by Gasteiger charge is -2.36. The molecule has 0 amide bonds. The van der Waals surface area contributed by atoms with Crippen LogP contribution in [0.1, 0.15) is 0 Å². The van der Waals surface area contributed by atoms with Gasteiger partial charge in [0, 0.05) is 24.7 Å². The van der Waals surface area contributed by atoms with Crippen molar-refractivity contribution >= 4 is 33.5 Å². The molecule has 0 radical (unpaired) electrons. The first-order chi connectivity index (χ1) is 8.56. The van der Waals surface area contributed by atoms with E-state index in [2.05, 4.69) is 20.8 Å². The van der Waals surface area contributed by atoms with Crippen LogP contribution in [0.4, 0.5) is 0 Å². The molecule has 1 saturated heterocycles. The van der Waals surface area contributed by atoms with Crippen molar-refractivity contribution < 1.29 is 14.6 Å². The summed E-state index contributed by atoms with van der Waals surface area (Å²) >= 11 is 9.20. The van der Waals surface area contributed by atoms with Crippen molar-refractivity contribution in [1.82, 2.24) is 4.90 Å². The third-order valence-electron chi connectivity index (χ3n) is 2.87. The minimum absolute atomic E-state index is 0.215. The zero-order valence-electron chi connectivity index (χ0n) is 9.60. The summed E-state index contributed by atoms with van der Waals surface area (Å²) in [7, 11) is 0. The fourth-order valence-corrected chi connectivity index (χ4v) is 2.58. The van der Waals surface area contributed by atoms with E-state index in [9.17, 15) is 4.79 Å². The molecule has 1 aromatic carbocycles. The van der Waals surface area contributed by atoms with Crippen LogP contribution in [-0.4, -0.2) is 42.2 Å². The Labute approximate surface area is 119 Å². The average molecular weight is 335 g/mol. The van der Waals surface area contributed by atoms with Crippen LogP contribution in [-0.2, 0) is 4.79 Å². The van der Waals surface area contributed by atoms with Crippen LogP contribution in [0, 0.1) is 5.92 Å². The SMILES string of the molecule is O=C(O)C1CN(CCOc2ccc(Cl)cc2Br)C1. The van der Waals surface area contributed by atoms with Crippen LogP contribution in [0.2, 0.25) is 5.02 Å². The molecular weight excluding hydrogens is 321 g/mol. The van der Waals surface area contributed by atoms with E-state index in [-0.39, 0.29) is 5.92 Å². The van der Waals surface area contributed by atoms with Crippen molar-refractivity contribution in [2.45, 2.75) is 0 Å².